The highest BCUT2D eigenvalue weighted by molar-refractivity contribution is 9.10. The number of rotatable bonds is 4. The predicted molar refractivity (Wildman–Crippen MR) is 86.9 cm³/mol. The molecule has 0 aliphatic rings. The van der Waals surface area contributed by atoms with E-state index in [2.05, 4.69) is 26.6 Å². The van der Waals surface area contributed by atoms with Crippen LogP contribution in [0.15, 0.2) is 16.6 Å². The van der Waals surface area contributed by atoms with Crippen LogP contribution in [0.25, 0.3) is 0 Å². The van der Waals surface area contributed by atoms with Crippen molar-refractivity contribution in [3.05, 3.63) is 26.7 Å². The molecule has 0 aromatic heterocycles. The molecule has 0 heterocycles. The fraction of sp³-hybridized carbons (Fsp3) is 0.462. The summed E-state index contributed by atoms with van der Waals surface area (Å²) in [6.45, 7) is 6.37. The Morgan fingerprint density at radius 1 is 1.25 bits per heavy atom. The molecule has 1 rings (SSSR count). The average Bonchev–Trinajstić information content (AvgIpc) is 2.32. The number of anilines is 1. The Morgan fingerprint density at radius 3 is 2.50 bits per heavy atom. The lowest BCUT2D eigenvalue weighted by Gasteiger charge is -2.19. The molecule has 0 atom stereocenters. The second-order valence-electron chi connectivity index (χ2n) is 5.08. The number of halogens is 3. The molecule has 0 unspecified atom stereocenters. The molecule has 0 aliphatic carbocycles. The average molecular weight is 384 g/mol. The third kappa shape index (κ3) is 5.77. The lowest BCUT2D eigenvalue weighted by Crippen LogP contribution is -2.35. The quantitative estimate of drug-likeness (QED) is 0.585. The second kappa shape index (κ2) is 7.38. The molecule has 0 radical (unpaired) electrons. The molecule has 20 heavy (non-hydrogen) atoms. The Hall–Kier alpha value is -0.650. The molecular formula is C13H17BrCl2N2O2. The van der Waals surface area contributed by atoms with Gasteiger partial charge in [-0.1, -0.05) is 23.2 Å². The molecule has 1 aromatic rings. The normalized spacial score (nSPS) is 11.1. The number of nitrogens with one attached hydrogen (secondary N) is 2. The molecule has 0 spiro atoms. The summed E-state index contributed by atoms with van der Waals surface area (Å²) in [6, 6.07) is 3.61. The third-order valence-electron chi connectivity index (χ3n) is 2.14. The van der Waals surface area contributed by atoms with E-state index in [1.807, 2.05) is 26.8 Å². The molecule has 0 saturated carbocycles. The number of carbonyl (C=O) groups excluding carboxylic acids is 1. The van der Waals surface area contributed by atoms with Gasteiger partial charge in [0.15, 0.2) is 0 Å². The highest BCUT2D eigenvalue weighted by Gasteiger charge is 2.15. The van der Waals surface area contributed by atoms with Crippen LogP contribution in [-0.4, -0.2) is 24.8 Å². The molecule has 0 fully saturated rings. The van der Waals surface area contributed by atoms with E-state index in [9.17, 15) is 4.79 Å². The van der Waals surface area contributed by atoms with Crippen molar-refractivity contribution in [1.82, 2.24) is 5.32 Å². The smallest absolute Gasteiger partial charge is 0.407 e. The van der Waals surface area contributed by atoms with Gasteiger partial charge in [-0.25, -0.2) is 4.79 Å². The monoisotopic (exact) mass is 382 g/mol. The van der Waals surface area contributed by atoms with Gasteiger partial charge in [0.1, 0.15) is 5.60 Å². The van der Waals surface area contributed by atoms with E-state index in [1.165, 1.54) is 0 Å². The lowest BCUT2D eigenvalue weighted by atomic mass is 10.2. The molecule has 7 heteroatoms. The third-order valence-corrected chi connectivity index (χ3v) is 3.91. The van der Waals surface area contributed by atoms with Crippen molar-refractivity contribution in [2.24, 2.45) is 0 Å². The van der Waals surface area contributed by atoms with Crippen LogP contribution >= 0.6 is 39.1 Å². The van der Waals surface area contributed by atoms with Crippen LogP contribution in [0.1, 0.15) is 20.8 Å². The highest BCUT2D eigenvalue weighted by atomic mass is 79.9. The Bertz CT molecular complexity index is 490. The zero-order valence-corrected chi connectivity index (χ0v) is 14.6. The first-order valence-electron chi connectivity index (χ1n) is 6.05. The summed E-state index contributed by atoms with van der Waals surface area (Å²) in [5, 5.41) is 6.64. The Morgan fingerprint density at radius 2 is 1.90 bits per heavy atom. The highest BCUT2D eigenvalue weighted by Crippen LogP contribution is 2.35. The minimum absolute atomic E-state index is 0.416. The SMILES string of the molecule is CC(C)(C)OC(=O)NCCNc1ccc(Br)c(Cl)c1Cl. The van der Waals surface area contributed by atoms with E-state index in [-0.39, 0.29) is 0 Å². The van der Waals surface area contributed by atoms with Crippen molar-refractivity contribution >= 4 is 50.9 Å². The maximum Gasteiger partial charge on any atom is 0.407 e. The van der Waals surface area contributed by atoms with Crippen LogP contribution in [0.4, 0.5) is 10.5 Å². The number of carbonyl (C=O) groups is 1. The molecule has 1 aromatic carbocycles. The fourth-order valence-corrected chi connectivity index (χ4v) is 2.18. The van der Waals surface area contributed by atoms with Gasteiger partial charge in [0.2, 0.25) is 0 Å². The molecular weight excluding hydrogens is 367 g/mol. The first-order chi connectivity index (χ1) is 9.20. The molecule has 112 valence electrons. The molecule has 0 bridgehead atoms. The number of amides is 1. The summed E-state index contributed by atoms with van der Waals surface area (Å²) < 4.78 is 5.85. The Kier molecular flexibility index (Phi) is 6.43. The molecule has 1 amide bonds. The Labute approximate surface area is 137 Å². The topological polar surface area (TPSA) is 50.4 Å². The van der Waals surface area contributed by atoms with Gasteiger partial charge in [-0.2, -0.15) is 0 Å². The van der Waals surface area contributed by atoms with Gasteiger partial charge in [-0.05, 0) is 48.8 Å². The standard InChI is InChI=1S/C13H17BrCl2N2O2/c1-13(2,3)20-12(19)18-7-6-17-9-5-4-8(14)10(15)11(9)16/h4-5,17H,6-7H2,1-3H3,(H,18,19). The van der Waals surface area contributed by atoms with Crippen molar-refractivity contribution in [1.29, 1.82) is 0 Å². The van der Waals surface area contributed by atoms with Gasteiger partial charge in [-0.3, -0.25) is 0 Å². The number of hydrogen-bond donors (Lipinski definition) is 2. The van der Waals surface area contributed by atoms with Crippen molar-refractivity contribution in [2.75, 3.05) is 18.4 Å². The van der Waals surface area contributed by atoms with Crippen molar-refractivity contribution in [3.63, 3.8) is 0 Å². The number of alkyl carbamates (subject to hydrolysis) is 1. The van der Waals surface area contributed by atoms with Gasteiger partial charge < -0.3 is 15.4 Å². The summed E-state index contributed by atoms with van der Waals surface area (Å²) >= 11 is 15.4. The van der Waals surface area contributed by atoms with Crippen molar-refractivity contribution in [2.45, 2.75) is 26.4 Å². The van der Waals surface area contributed by atoms with Crippen LogP contribution in [0.2, 0.25) is 10.0 Å². The summed E-state index contributed by atoms with van der Waals surface area (Å²) in [5.41, 5.74) is 0.214. The molecule has 0 aliphatic heterocycles. The van der Waals surface area contributed by atoms with Crippen LogP contribution in [0.5, 0.6) is 0 Å². The maximum atomic E-state index is 11.4. The van der Waals surface area contributed by atoms with E-state index in [1.54, 1.807) is 6.07 Å². The largest absolute Gasteiger partial charge is 0.444 e. The second-order valence-corrected chi connectivity index (χ2v) is 6.69. The minimum Gasteiger partial charge on any atom is -0.444 e. The predicted octanol–water partition coefficient (Wildman–Crippen LogP) is 4.69. The summed E-state index contributed by atoms with van der Waals surface area (Å²) in [5.74, 6) is 0. The van der Waals surface area contributed by atoms with Crippen LogP contribution < -0.4 is 10.6 Å². The zero-order valence-electron chi connectivity index (χ0n) is 11.5. The first-order valence-corrected chi connectivity index (χ1v) is 7.60. The van der Waals surface area contributed by atoms with Gasteiger partial charge >= 0.3 is 6.09 Å². The number of ether oxygens (including phenoxy) is 1. The van der Waals surface area contributed by atoms with E-state index in [4.69, 9.17) is 27.9 Å². The fourth-order valence-electron chi connectivity index (χ4n) is 1.34. The van der Waals surface area contributed by atoms with Gasteiger partial charge in [0.05, 0.1) is 15.7 Å². The lowest BCUT2D eigenvalue weighted by molar-refractivity contribution is 0.0530. The summed E-state index contributed by atoms with van der Waals surface area (Å²) in [6.07, 6.45) is -0.445. The summed E-state index contributed by atoms with van der Waals surface area (Å²) in [4.78, 5) is 11.4. The van der Waals surface area contributed by atoms with E-state index >= 15 is 0 Å². The van der Waals surface area contributed by atoms with E-state index in [0.29, 0.717) is 28.8 Å². The van der Waals surface area contributed by atoms with Gasteiger partial charge in [0.25, 0.3) is 0 Å². The minimum atomic E-state index is -0.500. The Balaban J connectivity index is 2.39. The summed E-state index contributed by atoms with van der Waals surface area (Å²) in [7, 11) is 0. The van der Waals surface area contributed by atoms with Gasteiger partial charge in [-0.15, -0.1) is 0 Å². The number of hydrogen-bond acceptors (Lipinski definition) is 3. The van der Waals surface area contributed by atoms with Crippen molar-refractivity contribution < 1.29 is 9.53 Å². The maximum absolute atomic E-state index is 11.4. The van der Waals surface area contributed by atoms with E-state index in [0.717, 1.165) is 4.47 Å². The molecule has 4 nitrogen and oxygen atoms in total. The van der Waals surface area contributed by atoms with Gasteiger partial charge in [0, 0.05) is 17.6 Å². The van der Waals surface area contributed by atoms with E-state index < -0.39 is 11.7 Å². The van der Waals surface area contributed by atoms with Crippen LogP contribution in [-0.2, 0) is 4.74 Å². The van der Waals surface area contributed by atoms with Crippen molar-refractivity contribution in [3.8, 4) is 0 Å². The molecule has 0 saturated heterocycles. The van der Waals surface area contributed by atoms with Crippen LogP contribution in [0, 0.1) is 0 Å². The zero-order chi connectivity index (χ0) is 15.3. The molecule has 2 N–H and O–H groups in total. The first kappa shape index (κ1) is 17.4. The number of benzene rings is 1. The van der Waals surface area contributed by atoms with Crippen LogP contribution in [0.3, 0.4) is 0 Å².